The highest BCUT2D eigenvalue weighted by Gasteiger charge is 2.49. The largest absolute Gasteiger partial charge is 0.287 e. The zero-order chi connectivity index (χ0) is 15.0. The first-order chi connectivity index (χ1) is 10.1. The van der Waals surface area contributed by atoms with Gasteiger partial charge in [0.05, 0.1) is 0 Å². The molecule has 21 heavy (non-hydrogen) atoms. The quantitative estimate of drug-likeness (QED) is 0.845. The lowest BCUT2D eigenvalue weighted by atomic mass is 10.0. The number of dihydropyridines is 1. The van der Waals surface area contributed by atoms with Crippen LogP contribution in [0.3, 0.4) is 0 Å². The first kappa shape index (κ1) is 14.6. The minimum atomic E-state index is 0.256. The van der Waals surface area contributed by atoms with Crippen LogP contribution < -0.4 is 5.43 Å². The van der Waals surface area contributed by atoms with E-state index in [2.05, 4.69) is 42.2 Å². The Balaban J connectivity index is 1.85. The molecule has 1 N–H and O–H groups in total. The van der Waals surface area contributed by atoms with Crippen molar-refractivity contribution in [3.63, 3.8) is 0 Å². The Morgan fingerprint density at radius 2 is 2.24 bits per heavy atom. The molecule has 0 spiro atoms. The minimum absolute atomic E-state index is 0.256. The summed E-state index contributed by atoms with van der Waals surface area (Å²) in [5.41, 5.74) is 4.50. The molecule has 0 radical (unpaired) electrons. The van der Waals surface area contributed by atoms with E-state index in [-0.39, 0.29) is 6.17 Å². The van der Waals surface area contributed by atoms with Crippen LogP contribution in [0.1, 0.15) is 46.5 Å². The smallest absolute Gasteiger partial charge is 0.169 e. The zero-order valence-electron chi connectivity index (χ0n) is 13.6. The Morgan fingerprint density at radius 1 is 1.48 bits per heavy atom. The van der Waals surface area contributed by atoms with Crippen molar-refractivity contribution < 1.29 is 0 Å². The summed E-state index contributed by atoms with van der Waals surface area (Å²) in [6.45, 7) is 8.04. The van der Waals surface area contributed by atoms with Gasteiger partial charge in [-0.3, -0.25) is 15.3 Å². The molecule has 2 heterocycles. The lowest BCUT2D eigenvalue weighted by Crippen LogP contribution is -2.50. The number of hydrazine groups is 1. The number of hydrogen-bond acceptors (Lipinski definition) is 5. The molecule has 2 aliphatic heterocycles. The summed E-state index contributed by atoms with van der Waals surface area (Å²) in [5, 5.41) is 1.96. The van der Waals surface area contributed by atoms with Crippen LogP contribution in [0.25, 0.3) is 0 Å². The monoisotopic (exact) mass is 289 g/mol. The molecule has 0 aromatic carbocycles. The van der Waals surface area contributed by atoms with Gasteiger partial charge in [0.2, 0.25) is 0 Å². The standard InChI is InChI=1S/C16H27N5/c1-5-16(8-9-16)21(10-12(2)3)14-7-6-13-15(19-14)20(4)18-11-17-13/h6,11-12,14H,5,7-10H2,1-4H3,(H,17,18). The molecule has 1 unspecified atom stereocenters. The number of nitrogens with zero attached hydrogens (tertiary/aromatic N) is 4. The van der Waals surface area contributed by atoms with Crippen molar-refractivity contribution in [3.05, 3.63) is 11.8 Å². The highest BCUT2D eigenvalue weighted by atomic mass is 15.5. The number of aliphatic imine (C=N–C) groups is 2. The molecule has 0 bridgehead atoms. The van der Waals surface area contributed by atoms with Gasteiger partial charge >= 0.3 is 0 Å². The van der Waals surface area contributed by atoms with E-state index in [0.29, 0.717) is 11.5 Å². The molecule has 0 aromatic heterocycles. The third-order valence-corrected chi connectivity index (χ3v) is 4.81. The van der Waals surface area contributed by atoms with Crippen LogP contribution in [-0.2, 0) is 0 Å². The van der Waals surface area contributed by atoms with E-state index in [0.717, 1.165) is 24.5 Å². The summed E-state index contributed by atoms with van der Waals surface area (Å²) < 4.78 is 0. The van der Waals surface area contributed by atoms with E-state index in [4.69, 9.17) is 4.99 Å². The summed E-state index contributed by atoms with van der Waals surface area (Å²) in [4.78, 5) is 12.1. The van der Waals surface area contributed by atoms with Crippen LogP contribution in [0.5, 0.6) is 0 Å². The predicted octanol–water partition coefficient (Wildman–Crippen LogP) is 2.38. The lowest BCUT2D eigenvalue weighted by molar-refractivity contribution is 0.0987. The third kappa shape index (κ3) is 2.71. The van der Waals surface area contributed by atoms with E-state index in [1.807, 2.05) is 12.1 Å². The van der Waals surface area contributed by atoms with Crippen LogP contribution >= 0.6 is 0 Å². The van der Waals surface area contributed by atoms with Gasteiger partial charge in [-0.05, 0) is 25.2 Å². The summed E-state index contributed by atoms with van der Waals surface area (Å²) in [5.74, 6) is 1.63. The molecule has 0 saturated heterocycles. The molecule has 1 saturated carbocycles. The zero-order valence-corrected chi connectivity index (χ0v) is 13.6. The average molecular weight is 289 g/mol. The predicted molar refractivity (Wildman–Crippen MR) is 87.1 cm³/mol. The van der Waals surface area contributed by atoms with Crippen molar-refractivity contribution >= 4 is 12.2 Å². The molecule has 5 heteroatoms. The van der Waals surface area contributed by atoms with E-state index >= 15 is 0 Å². The SMILES string of the molecule is CCC1(N(CC(C)C)C2CC=C3N=CNN(C)C3=N2)CC1. The lowest BCUT2D eigenvalue weighted by Gasteiger charge is -2.40. The van der Waals surface area contributed by atoms with Crippen LogP contribution in [0.2, 0.25) is 0 Å². The Kier molecular flexibility index (Phi) is 3.78. The number of likely N-dealkylation sites (N-methyl/N-ethyl adjacent to an activating group) is 1. The van der Waals surface area contributed by atoms with Gasteiger partial charge in [-0.1, -0.05) is 26.8 Å². The van der Waals surface area contributed by atoms with Crippen molar-refractivity contribution in [2.75, 3.05) is 13.6 Å². The van der Waals surface area contributed by atoms with E-state index in [9.17, 15) is 0 Å². The Labute approximate surface area is 127 Å². The fourth-order valence-electron chi connectivity index (χ4n) is 3.39. The average Bonchev–Trinajstić information content (AvgIpc) is 3.26. The molecule has 1 atom stereocenters. The molecule has 0 amide bonds. The van der Waals surface area contributed by atoms with E-state index in [1.165, 1.54) is 19.3 Å². The summed E-state index contributed by atoms with van der Waals surface area (Å²) in [6.07, 6.45) is 9.06. The van der Waals surface area contributed by atoms with E-state index < -0.39 is 0 Å². The van der Waals surface area contributed by atoms with Crippen molar-refractivity contribution in [1.29, 1.82) is 0 Å². The fraction of sp³-hybridized carbons (Fsp3) is 0.750. The summed E-state index contributed by atoms with van der Waals surface area (Å²) >= 11 is 0. The molecule has 0 aromatic rings. The summed E-state index contributed by atoms with van der Waals surface area (Å²) in [7, 11) is 2.00. The second kappa shape index (κ2) is 5.44. The van der Waals surface area contributed by atoms with Crippen LogP contribution in [0, 0.1) is 5.92 Å². The maximum Gasteiger partial charge on any atom is 0.169 e. The normalized spacial score (nSPS) is 26.4. The second-order valence-electron chi connectivity index (χ2n) is 6.83. The minimum Gasteiger partial charge on any atom is -0.287 e. The molecule has 116 valence electrons. The van der Waals surface area contributed by atoms with Crippen LogP contribution in [-0.4, -0.2) is 47.4 Å². The molecule has 1 aliphatic carbocycles. The number of fused-ring (bicyclic) bond motifs is 1. The highest BCUT2D eigenvalue weighted by Crippen LogP contribution is 2.47. The maximum atomic E-state index is 5.02. The van der Waals surface area contributed by atoms with Gasteiger partial charge in [-0.2, -0.15) is 0 Å². The molecule has 1 fully saturated rings. The molecular formula is C16H27N5. The Hall–Kier alpha value is -1.36. The number of hydrogen-bond donors (Lipinski definition) is 1. The van der Waals surface area contributed by atoms with Crippen LogP contribution in [0.4, 0.5) is 0 Å². The Morgan fingerprint density at radius 3 is 2.86 bits per heavy atom. The second-order valence-corrected chi connectivity index (χ2v) is 6.83. The maximum absolute atomic E-state index is 5.02. The first-order valence-electron chi connectivity index (χ1n) is 8.13. The topological polar surface area (TPSA) is 43.2 Å². The molecule has 3 aliphatic rings. The molecular weight excluding hydrogens is 262 g/mol. The van der Waals surface area contributed by atoms with Crippen molar-refractivity contribution in [2.45, 2.75) is 58.2 Å². The number of rotatable bonds is 5. The van der Waals surface area contributed by atoms with Gasteiger partial charge in [0.15, 0.2) is 5.84 Å². The molecule has 3 rings (SSSR count). The van der Waals surface area contributed by atoms with Gasteiger partial charge in [0, 0.05) is 25.6 Å². The van der Waals surface area contributed by atoms with Crippen molar-refractivity contribution in [1.82, 2.24) is 15.3 Å². The van der Waals surface area contributed by atoms with Gasteiger partial charge in [0.1, 0.15) is 18.2 Å². The highest BCUT2D eigenvalue weighted by molar-refractivity contribution is 6.01. The first-order valence-corrected chi connectivity index (χ1v) is 8.13. The Bertz CT molecular complexity index is 487. The van der Waals surface area contributed by atoms with E-state index in [1.54, 1.807) is 6.34 Å². The van der Waals surface area contributed by atoms with Gasteiger partial charge < -0.3 is 0 Å². The van der Waals surface area contributed by atoms with Crippen molar-refractivity contribution in [2.24, 2.45) is 15.9 Å². The number of nitrogens with one attached hydrogen (secondary N) is 1. The van der Waals surface area contributed by atoms with Gasteiger partial charge in [0.25, 0.3) is 0 Å². The van der Waals surface area contributed by atoms with Crippen molar-refractivity contribution in [3.8, 4) is 0 Å². The fourth-order valence-corrected chi connectivity index (χ4v) is 3.39. The van der Waals surface area contributed by atoms with Gasteiger partial charge in [-0.25, -0.2) is 9.98 Å². The van der Waals surface area contributed by atoms with Crippen LogP contribution in [0.15, 0.2) is 21.8 Å². The van der Waals surface area contributed by atoms with Gasteiger partial charge in [-0.15, -0.1) is 0 Å². The number of amidine groups is 1. The summed E-state index contributed by atoms with van der Waals surface area (Å²) in [6, 6.07) is 0. The third-order valence-electron chi connectivity index (χ3n) is 4.81. The molecule has 5 nitrogen and oxygen atoms in total.